The highest BCUT2D eigenvalue weighted by Crippen LogP contribution is 2.32. The number of carbonyl (C=O) groups excluding carboxylic acids is 1. The Morgan fingerprint density at radius 1 is 1.16 bits per heavy atom. The molecule has 1 saturated heterocycles. The Morgan fingerprint density at radius 3 is 2.68 bits per heavy atom. The number of aliphatic imine (C=N–C) groups is 1. The molecule has 1 spiro atoms. The predicted molar refractivity (Wildman–Crippen MR) is 139 cm³/mol. The van der Waals surface area contributed by atoms with Gasteiger partial charge in [-0.1, -0.05) is 18.2 Å². The Labute approximate surface area is 219 Å². The largest absolute Gasteiger partial charge is 0.394 e. The summed E-state index contributed by atoms with van der Waals surface area (Å²) in [5.74, 6) is -0.0340. The van der Waals surface area contributed by atoms with Gasteiger partial charge in [-0.05, 0) is 60.5 Å². The summed E-state index contributed by atoms with van der Waals surface area (Å²) in [4.78, 5) is 21.2. The molecule has 2 aliphatic rings. The normalized spacial score (nSPS) is 18.5. The highest BCUT2D eigenvalue weighted by atomic mass is 32.2. The van der Waals surface area contributed by atoms with Crippen LogP contribution in [0.3, 0.4) is 0 Å². The maximum Gasteiger partial charge on any atom is 0.253 e. The Kier molecular flexibility index (Phi) is 7.23. The molecule has 10 nitrogen and oxygen atoms in total. The van der Waals surface area contributed by atoms with Crippen LogP contribution in [-0.4, -0.2) is 76.3 Å². The quantitative estimate of drug-likeness (QED) is 0.374. The molecule has 1 amide bonds. The van der Waals surface area contributed by atoms with Crippen LogP contribution in [0.5, 0.6) is 5.75 Å². The van der Waals surface area contributed by atoms with Crippen LogP contribution in [0.25, 0.3) is 10.9 Å². The molecule has 1 atom stereocenters. The van der Waals surface area contributed by atoms with Gasteiger partial charge in [0, 0.05) is 34.9 Å². The lowest BCUT2D eigenvalue weighted by atomic mass is 9.89. The van der Waals surface area contributed by atoms with Gasteiger partial charge in [-0.2, -0.15) is 0 Å². The number of halogens is 1. The first-order chi connectivity index (χ1) is 18.2. The number of aromatic nitrogens is 1. The summed E-state index contributed by atoms with van der Waals surface area (Å²) in [6.45, 7) is 0.297. The summed E-state index contributed by atoms with van der Waals surface area (Å²) in [6, 6.07) is 13.7. The van der Waals surface area contributed by atoms with Gasteiger partial charge in [-0.3, -0.25) is 14.7 Å². The SMILES string of the molecule is O=C1NC(c2cccc(OF)c2)=NC12CCN(S(=O)(=O)CCc1ccc3c(ccn3C[C@H](O)CO)c1)CC2. The van der Waals surface area contributed by atoms with Crippen LogP contribution in [0.4, 0.5) is 4.53 Å². The number of carbonyl (C=O) groups is 1. The van der Waals surface area contributed by atoms with Gasteiger partial charge in [-0.15, -0.1) is 0 Å². The fraction of sp³-hybridized carbons (Fsp3) is 0.385. The average Bonchev–Trinajstić information content (AvgIpc) is 3.47. The van der Waals surface area contributed by atoms with Gasteiger partial charge in [-0.25, -0.2) is 12.7 Å². The van der Waals surface area contributed by atoms with Gasteiger partial charge in [0.1, 0.15) is 11.4 Å². The number of amides is 1. The van der Waals surface area contributed by atoms with Crippen molar-refractivity contribution in [2.75, 3.05) is 25.4 Å². The predicted octanol–water partition coefficient (Wildman–Crippen LogP) is 1.54. The maximum atomic E-state index is 13.1. The molecule has 1 fully saturated rings. The molecule has 3 aromatic rings. The van der Waals surface area contributed by atoms with Crippen LogP contribution >= 0.6 is 0 Å². The third kappa shape index (κ3) is 5.17. The van der Waals surface area contributed by atoms with E-state index in [1.54, 1.807) is 12.1 Å². The molecule has 3 heterocycles. The number of hydrogen-bond donors (Lipinski definition) is 3. The second-order valence-electron chi connectivity index (χ2n) is 9.71. The zero-order valence-electron chi connectivity index (χ0n) is 20.6. The zero-order chi connectivity index (χ0) is 26.9. The van der Waals surface area contributed by atoms with Crippen molar-refractivity contribution in [3.63, 3.8) is 0 Å². The highest BCUT2D eigenvalue weighted by Gasteiger charge is 2.47. The fourth-order valence-corrected chi connectivity index (χ4v) is 6.53. The van der Waals surface area contributed by atoms with Gasteiger partial charge in [0.15, 0.2) is 5.75 Å². The van der Waals surface area contributed by atoms with Crippen molar-refractivity contribution < 1.29 is 32.9 Å². The van der Waals surface area contributed by atoms with E-state index < -0.39 is 21.7 Å². The third-order valence-electron chi connectivity index (χ3n) is 7.22. The second kappa shape index (κ2) is 10.4. The monoisotopic (exact) mass is 544 g/mol. The highest BCUT2D eigenvalue weighted by molar-refractivity contribution is 7.89. The van der Waals surface area contributed by atoms with Crippen molar-refractivity contribution in [1.82, 2.24) is 14.2 Å². The molecule has 0 radical (unpaired) electrons. The standard InChI is InChI=1S/C26H29FN4O6S/c27-37-22-3-1-2-20(15-22)24-28-25(34)26(29-24)8-11-31(12-9-26)38(35,36)13-7-18-4-5-23-19(14-18)6-10-30(23)16-21(33)17-32/h1-6,10,14-15,21,32-33H,7-9,11-13,16-17H2,(H,28,29,34)/t21-/m0/s1. The number of amidine groups is 1. The second-order valence-corrected chi connectivity index (χ2v) is 11.8. The molecule has 0 bridgehead atoms. The van der Waals surface area contributed by atoms with Crippen LogP contribution < -0.4 is 10.3 Å². The number of piperidine rings is 1. The number of aliphatic hydroxyl groups excluding tert-OH is 2. The van der Waals surface area contributed by atoms with E-state index in [0.29, 0.717) is 17.8 Å². The molecule has 0 unspecified atom stereocenters. The van der Waals surface area contributed by atoms with Gasteiger partial charge >= 0.3 is 0 Å². The number of rotatable bonds is 9. The number of fused-ring (bicyclic) bond motifs is 1. The first kappa shape index (κ1) is 26.3. The van der Waals surface area contributed by atoms with E-state index >= 15 is 0 Å². The summed E-state index contributed by atoms with van der Waals surface area (Å²) in [6.07, 6.45) is 1.81. The van der Waals surface area contributed by atoms with Crippen molar-refractivity contribution in [3.05, 3.63) is 65.9 Å². The lowest BCUT2D eigenvalue weighted by molar-refractivity contribution is -0.124. The Bertz CT molecular complexity index is 1480. The van der Waals surface area contributed by atoms with Crippen LogP contribution in [0.2, 0.25) is 0 Å². The molecule has 0 saturated carbocycles. The first-order valence-electron chi connectivity index (χ1n) is 12.4. The van der Waals surface area contributed by atoms with Crippen LogP contribution in [0.1, 0.15) is 24.0 Å². The van der Waals surface area contributed by atoms with Crippen LogP contribution in [0, 0.1) is 0 Å². The number of aryl methyl sites for hydroxylation is 1. The smallest absolute Gasteiger partial charge is 0.253 e. The van der Waals surface area contributed by atoms with E-state index in [9.17, 15) is 22.8 Å². The summed E-state index contributed by atoms with van der Waals surface area (Å²) in [5.41, 5.74) is 1.23. The number of nitrogens with zero attached hydrogens (tertiary/aromatic N) is 3. The molecule has 5 rings (SSSR count). The van der Waals surface area contributed by atoms with Crippen LogP contribution in [0.15, 0.2) is 59.7 Å². The minimum atomic E-state index is -3.56. The summed E-state index contributed by atoms with van der Waals surface area (Å²) >= 11 is 0. The molecule has 2 aromatic carbocycles. The number of aliphatic hydroxyl groups is 2. The molecule has 12 heteroatoms. The van der Waals surface area contributed by atoms with Gasteiger partial charge < -0.3 is 20.1 Å². The lowest BCUT2D eigenvalue weighted by Crippen LogP contribution is -2.50. The minimum Gasteiger partial charge on any atom is -0.394 e. The number of sulfonamides is 1. The molecule has 1 aromatic heterocycles. The molecule has 38 heavy (non-hydrogen) atoms. The topological polar surface area (TPSA) is 133 Å². The van der Waals surface area contributed by atoms with E-state index in [1.807, 2.05) is 35.0 Å². The minimum absolute atomic E-state index is 0.00136. The van der Waals surface area contributed by atoms with Gasteiger partial charge in [0.05, 0.1) is 25.0 Å². The van der Waals surface area contributed by atoms with Crippen molar-refractivity contribution in [3.8, 4) is 5.75 Å². The van der Waals surface area contributed by atoms with Gasteiger partial charge in [0.2, 0.25) is 10.0 Å². The van der Waals surface area contributed by atoms with Crippen molar-refractivity contribution >= 4 is 32.7 Å². The molecule has 0 aliphatic carbocycles. The van der Waals surface area contributed by atoms with Crippen LogP contribution in [-0.2, 0) is 27.8 Å². The molecule has 3 N–H and O–H groups in total. The summed E-state index contributed by atoms with van der Waals surface area (Å²) in [5, 5.41) is 22.5. The molecule has 2 aliphatic heterocycles. The number of benzene rings is 2. The van der Waals surface area contributed by atoms with E-state index in [4.69, 9.17) is 5.11 Å². The Morgan fingerprint density at radius 2 is 1.95 bits per heavy atom. The fourth-order valence-electron chi connectivity index (χ4n) is 5.04. The van der Waals surface area contributed by atoms with Crippen molar-refractivity contribution in [2.24, 2.45) is 4.99 Å². The van der Waals surface area contributed by atoms with Crippen molar-refractivity contribution in [1.29, 1.82) is 0 Å². The maximum absolute atomic E-state index is 13.1. The molecule has 202 valence electrons. The van der Waals surface area contributed by atoms with Crippen molar-refractivity contribution in [2.45, 2.75) is 37.5 Å². The molecular formula is C26H29FN4O6S. The van der Waals surface area contributed by atoms with E-state index in [2.05, 4.69) is 15.3 Å². The number of nitrogens with one attached hydrogen (secondary N) is 1. The average molecular weight is 545 g/mol. The first-order valence-corrected chi connectivity index (χ1v) is 14.0. The number of hydrogen-bond acceptors (Lipinski definition) is 7. The Balaban J connectivity index is 1.22. The van der Waals surface area contributed by atoms with E-state index in [1.165, 1.54) is 16.4 Å². The van der Waals surface area contributed by atoms with Gasteiger partial charge in [0.25, 0.3) is 5.91 Å². The van der Waals surface area contributed by atoms with E-state index in [-0.39, 0.29) is 56.5 Å². The Hall–Kier alpha value is -3.32. The lowest BCUT2D eigenvalue weighted by Gasteiger charge is -2.34. The third-order valence-corrected chi connectivity index (χ3v) is 9.09. The van der Waals surface area contributed by atoms with E-state index in [0.717, 1.165) is 16.5 Å². The zero-order valence-corrected chi connectivity index (χ0v) is 21.4. The molecular weight excluding hydrogens is 515 g/mol. The summed E-state index contributed by atoms with van der Waals surface area (Å²) < 4.78 is 42.0. The summed E-state index contributed by atoms with van der Waals surface area (Å²) in [7, 11) is -3.56.